The standard InChI is InChI=1S/C19H26N8O/c1-12-4-8-27(19(5-6-20)10-28-11-19)9-14(12)26(2)16-13-3-7-23-18(13)25-24-15(16)17(21)22/h3,7,12,14H,4-5,8-11H2,1-2H3,(H3,21,22)(H,23,25). The first kappa shape index (κ1) is 18.7. The number of aromatic nitrogens is 3. The number of hydrogen-bond acceptors (Lipinski definition) is 7. The fraction of sp³-hybridized carbons (Fsp3) is 0.579. The van der Waals surface area contributed by atoms with Crippen LogP contribution in [0.3, 0.4) is 0 Å². The predicted octanol–water partition coefficient (Wildman–Crippen LogP) is 1.07. The van der Waals surface area contributed by atoms with Crippen LogP contribution in [0.25, 0.3) is 11.0 Å². The van der Waals surface area contributed by atoms with E-state index in [-0.39, 0.29) is 17.4 Å². The molecule has 0 saturated carbocycles. The topological polar surface area (TPSA) is 131 Å². The quantitative estimate of drug-likeness (QED) is 0.521. The number of piperidine rings is 1. The average molecular weight is 382 g/mol. The van der Waals surface area contributed by atoms with Gasteiger partial charge in [0.15, 0.2) is 11.3 Å². The number of nitrogens with two attached hydrogens (primary N) is 1. The number of nitriles is 1. The summed E-state index contributed by atoms with van der Waals surface area (Å²) in [6.07, 6.45) is 3.34. The smallest absolute Gasteiger partial charge is 0.162 e. The van der Waals surface area contributed by atoms with E-state index >= 15 is 0 Å². The highest BCUT2D eigenvalue weighted by Gasteiger charge is 2.47. The molecule has 9 nitrogen and oxygen atoms in total. The van der Waals surface area contributed by atoms with Crippen molar-refractivity contribution in [2.75, 3.05) is 38.3 Å². The number of nitrogens with zero attached hydrogens (tertiary/aromatic N) is 5. The van der Waals surface area contributed by atoms with Crippen molar-refractivity contribution in [1.29, 1.82) is 10.7 Å². The Morgan fingerprint density at radius 1 is 1.54 bits per heavy atom. The minimum atomic E-state index is -0.169. The molecule has 2 saturated heterocycles. The lowest BCUT2D eigenvalue weighted by atomic mass is 9.84. The first-order chi connectivity index (χ1) is 13.5. The summed E-state index contributed by atoms with van der Waals surface area (Å²) in [4.78, 5) is 7.70. The lowest BCUT2D eigenvalue weighted by molar-refractivity contribution is -0.147. The fourth-order valence-corrected chi connectivity index (χ4v) is 4.48. The molecule has 0 aromatic carbocycles. The minimum absolute atomic E-state index is 0.0916. The van der Waals surface area contributed by atoms with Gasteiger partial charge < -0.3 is 20.4 Å². The zero-order valence-electron chi connectivity index (χ0n) is 16.3. The van der Waals surface area contributed by atoms with Gasteiger partial charge in [-0.3, -0.25) is 10.3 Å². The van der Waals surface area contributed by atoms with E-state index in [1.807, 2.05) is 19.3 Å². The maximum Gasteiger partial charge on any atom is 0.162 e. The van der Waals surface area contributed by atoms with Crippen molar-refractivity contribution in [2.24, 2.45) is 11.7 Å². The van der Waals surface area contributed by atoms with E-state index in [9.17, 15) is 5.26 Å². The van der Waals surface area contributed by atoms with Gasteiger partial charge >= 0.3 is 0 Å². The van der Waals surface area contributed by atoms with Crippen LogP contribution in [0.15, 0.2) is 12.3 Å². The second-order valence-corrected chi connectivity index (χ2v) is 7.99. The van der Waals surface area contributed by atoms with E-state index < -0.39 is 0 Å². The van der Waals surface area contributed by atoms with Gasteiger partial charge in [0.2, 0.25) is 0 Å². The number of rotatable bonds is 5. The summed E-state index contributed by atoms with van der Waals surface area (Å²) in [5.74, 6) is 0.356. The summed E-state index contributed by atoms with van der Waals surface area (Å²) in [6, 6.07) is 4.49. The summed E-state index contributed by atoms with van der Waals surface area (Å²) < 4.78 is 5.48. The van der Waals surface area contributed by atoms with E-state index in [2.05, 4.69) is 38.0 Å². The second kappa shape index (κ2) is 7.04. The van der Waals surface area contributed by atoms with E-state index in [4.69, 9.17) is 15.9 Å². The summed E-state index contributed by atoms with van der Waals surface area (Å²) in [5.41, 5.74) is 7.57. The molecule has 4 N–H and O–H groups in total. The van der Waals surface area contributed by atoms with Gasteiger partial charge in [-0.05, 0) is 24.9 Å². The Morgan fingerprint density at radius 2 is 2.32 bits per heavy atom. The zero-order chi connectivity index (χ0) is 19.9. The highest BCUT2D eigenvalue weighted by Crippen LogP contribution is 2.36. The highest BCUT2D eigenvalue weighted by molar-refractivity contribution is 6.05. The molecule has 2 aliphatic heterocycles. The van der Waals surface area contributed by atoms with Crippen molar-refractivity contribution in [3.05, 3.63) is 18.0 Å². The minimum Gasteiger partial charge on any atom is -0.382 e. The molecule has 0 bridgehead atoms. The predicted molar refractivity (Wildman–Crippen MR) is 106 cm³/mol. The first-order valence-electron chi connectivity index (χ1n) is 9.57. The Labute approximate surface area is 164 Å². The SMILES string of the molecule is CC1CCN(C2(CC#N)COC2)CC1N(C)c1c(C(=N)N)nnc2[nH]ccc12. The third-order valence-corrected chi connectivity index (χ3v) is 6.30. The van der Waals surface area contributed by atoms with Crippen LogP contribution in [-0.4, -0.2) is 70.8 Å². The molecule has 2 unspecified atom stereocenters. The molecule has 4 heterocycles. The maximum atomic E-state index is 9.30. The molecule has 0 aliphatic carbocycles. The van der Waals surface area contributed by atoms with Crippen molar-refractivity contribution in [1.82, 2.24) is 20.1 Å². The molecule has 148 valence electrons. The summed E-state index contributed by atoms with van der Waals surface area (Å²) in [7, 11) is 2.04. The third kappa shape index (κ3) is 2.89. The zero-order valence-corrected chi connectivity index (χ0v) is 16.3. The van der Waals surface area contributed by atoms with Crippen LogP contribution in [0.5, 0.6) is 0 Å². The number of nitrogens with one attached hydrogen (secondary N) is 2. The number of ether oxygens (including phenoxy) is 1. The third-order valence-electron chi connectivity index (χ3n) is 6.30. The number of aromatic amines is 1. The molecule has 9 heteroatoms. The number of fused-ring (bicyclic) bond motifs is 1. The lowest BCUT2D eigenvalue weighted by Gasteiger charge is -2.53. The monoisotopic (exact) mass is 382 g/mol. The van der Waals surface area contributed by atoms with Gasteiger partial charge in [-0.1, -0.05) is 6.92 Å². The van der Waals surface area contributed by atoms with Gasteiger partial charge in [0, 0.05) is 31.2 Å². The number of nitrogen functional groups attached to an aromatic ring is 1. The molecule has 4 rings (SSSR count). The lowest BCUT2D eigenvalue weighted by Crippen LogP contribution is -2.67. The number of likely N-dealkylation sites (tertiary alicyclic amines) is 1. The van der Waals surface area contributed by atoms with Crippen LogP contribution < -0.4 is 10.6 Å². The van der Waals surface area contributed by atoms with Crippen LogP contribution in [0.2, 0.25) is 0 Å². The molecule has 2 atom stereocenters. The first-order valence-corrected chi connectivity index (χ1v) is 9.57. The Bertz CT molecular complexity index is 928. The Balaban J connectivity index is 1.69. The largest absolute Gasteiger partial charge is 0.382 e. The van der Waals surface area contributed by atoms with Crippen molar-refractivity contribution in [3.8, 4) is 6.07 Å². The summed E-state index contributed by atoms with van der Waals surface area (Å²) >= 11 is 0. The maximum absolute atomic E-state index is 9.30. The van der Waals surface area contributed by atoms with Crippen LogP contribution in [-0.2, 0) is 4.74 Å². The van der Waals surface area contributed by atoms with E-state index in [1.165, 1.54) is 0 Å². The van der Waals surface area contributed by atoms with Crippen molar-refractivity contribution in [3.63, 3.8) is 0 Å². The van der Waals surface area contributed by atoms with Crippen molar-refractivity contribution < 1.29 is 4.74 Å². The van der Waals surface area contributed by atoms with Crippen LogP contribution in [0, 0.1) is 22.7 Å². The Morgan fingerprint density at radius 3 is 2.96 bits per heavy atom. The van der Waals surface area contributed by atoms with E-state index in [0.717, 1.165) is 30.6 Å². The average Bonchev–Trinajstić information content (AvgIpc) is 3.12. The molecule has 2 aromatic rings. The number of H-pyrrole nitrogens is 1. The number of amidine groups is 1. The molecular formula is C19H26N8O. The second-order valence-electron chi connectivity index (χ2n) is 7.99. The van der Waals surface area contributed by atoms with Gasteiger partial charge in [0.1, 0.15) is 5.84 Å². The molecule has 28 heavy (non-hydrogen) atoms. The van der Waals surface area contributed by atoms with Gasteiger partial charge in [0.05, 0.1) is 36.9 Å². The van der Waals surface area contributed by atoms with Gasteiger partial charge in [0.25, 0.3) is 0 Å². The van der Waals surface area contributed by atoms with Crippen LogP contribution in [0.4, 0.5) is 5.69 Å². The molecule has 2 fully saturated rings. The molecule has 0 radical (unpaired) electrons. The number of hydrogen-bond donors (Lipinski definition) is 3. The molecule has 0 amide bonds. The van der Waals surface area contributed by atoms with Crippen LogP contribution >= 0.6 is 0 Å². The Hall–Kier alpha value is -2.70. The van der Waals surface area contributed by atoms with Gasteiger partial charge in [-0.15, -0.1) is 10.2 Å². The van der Waals surface area contributed by atoms with Crippen molar-refractivity contribution >= 4 is 22.6 Å². The normalized spacial score (nSPS) is 24.5. The molecule has 2 aliphatic rings. The summed E-state index contributed by atoms with van der Waals surface area (Å²) in [6.45, 7) is 5.27. The highest BCUT2D eigenvalue weighted by atomic mass is 16.5. The molecular weight excluding hydrogens is 356 g/mol. The summed E-state index contributed by atoms with van der Waals surface area (Å²) in [5, 5.41) is 26.5. The molecule has 0 spiro atoms. The molecule has 2 aromatic heterocycles. The fourth-order valence-electron chi connectivity index (χ4n) is 4.48. The van der Waals surface area contributed by atoms with Crippen molar-refractivity contribution in [2.45, 2.75) is 31.3 Å². The van der Waals surface area contributed by atoms with Gasteiger partial charge in [-0.25, -0.2) is 0 Å². The number of likely N-dealkylation sites (N-methyl/N-ethyl adjacent to an activating group) is 1. The number of anilines is 1. The van der Waals surface area contributed by atoms with Crippen LogP contribution in [0.1, 0.15) is 25.5 Å². The van der Waals surface area contributed by atoms with E-state index in [0.29, 0.717) is 36.9 Å². The van der Waals surface area contributed by atoms with E-state index in [1.54, 1.807) is 0 Å². The van der Waals surface area contributed by atoms with Gasteiger partial charge in [-0.2, -0.15) is 5.26 Å². The Kier molecular flexibility index (Phi) is 4.69.